The molecule has 19 heteroatoms. The van der Waals surface area contributed by atoms with Gasteiger partial charge in [-0.1, -0.05) is 71.8 Å². The van der Waals surface area contributed by atoms with Crippen molar-refractivity contribution in [3.63, 3.8) is 0 Å². The highest BCUT2D eigenvalue weighted by Crippen LogP contribution is 2.43. The van der Waals surface area contributed by atoms with Crippen LogP contribution in [-0.4, -0.2) is 91.7 Å². The Morgan fingerprint density at radius 3 is 1.88 bits per heavy atom. The zero-order chi connectivity index (χ0) is 59.3. The second kappa shape index (κ2) is 26.1. The lowest BCUT2D eigenvalue weighted by molar-refractivity contribution is -0.129. The number of carbonyl (C=O) groups excluding carboxylic acids is 6. The topological polar surface area (TPSA) is 204 Å². The largest absolute Gasteiger partial charge is 0.493 e. The average molecular weight is 1190 g/mol. The first-order valence-corrected chi connectivity index (χ1v) is 32.3. The third kappa shape index (κ3) is 14.0. The molecular weight excluding hydrogens is 1110 g/mol. The molecule has 0 fully saturated rings. The van der Waals surface area contributed by atoms with Crippen molar-refractivity contribution in [1.29, 1.82) is 0 Å². The van der Waals surface area contributed by atoms with Gasteiger partial charge < -0.3 is 34.6 Å². The van der Waals surface area contributed by atoms with Crippen molar-refractivity contribution in [2.45, 2.75) is 154 Å². The number of Topliss-reactive ketones (excluding diaryl/α,β-unsaturated/α-hetero) is 2. The SMILES string of the molecule is CCC(=O)C(CCSSC(C)(C)CCC(=O)N[C@@H](C)C(=O)C[C@@H](C)C(=O)Nc1cc(COc2cc3c(cc2C)C(=O)N2c4ccccc4C[C@H]2CC3)cc(COc2cc3c(cc2OC)C(=O)N2c4ccccc4C[C@H]2CC3)c1)S(=O)(=O)OC. The normalized spacial score (nSPS) is 17.3. The maximum Gasteiger partial charge on any atom is 0.277 e. The van der Waals surface area contributed by atoms with Gasteiger partial charge in [0.2, 0.25) is 11.8 Å². The van der Waals surface area contributed by atoms with E-state index in [4.69, 9.17) is 14.2 Å². The summed E-state index contributed by atoms with van der Waals surface area (Å²) in [6.07, 6.45) is 5.26. The molecular formula is C64H74N4O12S3. The van der Waals surface area contributed by atoms with Gasteiger partial charge in [0.1, 0.15) is 24.2 Å². The van der Waals surface area contributed by atoms with E-state index in [0.29, 0.717) is 64.6 Å². The number of nitrogens with zero attached hydrogens (tertiary/aromatic N) is 2. The maximum atomic E-state index is 14.2. The van der Waals surface area contributed by atoms with E-state index in [1.165, 1.54) is 27.2 Å². The zero-order valence-corrected chi connectivity index (χ0v) is 50.9. The average Bonchev–Trinajstić information content (AvgIpc) is 2.80. The number of ether oxygens (including phenoxy) is 3. The van der Waals surface area contributed by atoms with Crippen molar-refractivity contribution in [3.05, 3.63) is 141 Å². The number of carbonyl (C=O) groups is 6. The van der Waals surface area contributed by atoms with E-state index in [0.717, 1.165) is 72.0 Å². The third-order valence-electron chi connectivity index (χ3n) is 16.2. The Kier molecular flexibility index (Phi) is 19.1. The lowest BCUT2D eigenvalue weighted by atomic mass is 9.98. The van der Waals surface area contributed by atoms with Crippen LogP contribution in [0.15, 0.2) is 91.0 Å². The number of aryl methyl sites for hydroxylation is 3. The van der Waals surface area contributed by atoms with Crippen LogP contribution in [0.5, 0.6) is 17.2 Å². The Hall–Kier alpha value is -6.67. The molecule has 0 aliphatic carbocycles. The number of rotatable bonds is 25. The summed E-state index contributed by atoms with van der Waals surface area (Å²) in [5.74, 6) is -0.384. The van der Waals surface area contributed by atoms with Crippen LogP contribution in [0.4, 0.5) is 17.1 Å². The molecule has 0 saturated carbocycles. The molecule has 0 bridgehead atoms. The van der Waals surface area contributed by atoms with Gasteiger partial charge in [0.05, 0.1) is 20.3 Å². The molecule has 4 heterocycles. The Morgan fingerprint density at radius 1 is 0.735 bits per heavy atom. The molecule has 440 valence electrons. The summed E-state index contributed by atoms with van der Waals surface area (Å²) in [5, 5.41) is 4.59. The predicted molar refractivity (Wildman–Crippen MR) is 325 cm³/mol. The van der Waals surface area contributed by atoms with Crippen LogP contribution >= 0.6 is 21.6 Å². The molecule has 0 spiro atoms. The van der Waals surface area contributed by atoms with Gasteiger partial charge in [0.25, 0.3) is 21.9 Å². The van der Waals surface area contributed by atoms with E-state index in [1.54, 1.807) is 33.9 Å². The van der Waals surface area contributed by atoms with Crippen LogP contribution in [-0.2, 0) is 72.4 Å². The molecule has 9 rings (SSSR count). The first-order chi connectivity index (χ1) is 39.7. The van der Waals surface area contributed by atoms with Crippen molar-refractivity contribution in [1.82, 2.24) is 5.32 Å². The molecule has 16 nitrogen and oxygen atoms in total. The minimum absolute atomic E-state index is 0.00711. The van der Waals surface area contributed by atoms with Gasteiger partial charge in [-0.2, -0.15) is 8.42 Å². The van der Waals surface area contributed by atoms with E-state index >= 15 is 0 Å². The van der Waals surface area contributed by atoms with Crippen molar-refractivity contribution < 1.29 is 55.6 Å². The van der Waals surface area contributed by atoms with Crippen molar-refractivity contribution in [2.75, 3.05) is 35.1 Å². The fourth-order valence-corrected chi connectivity index (χ4v) is 15.5. The predicted octanol–water partition coefficient (Wildman–Crippen LogP) is 10.9. The summed E-state index contributed by atoms with van der Waals surface area (Å²) in [5.41, 5.74) is 10.00. The Morgan fingerprint density at radius 2 is 1.30 bits per heavy atom. The molecule has 0 saturated heterocycles. The summed E-state index contributed by atoms with van der Waals surface area (Å²) >= 11 is 0. The number of amides is 4. The van der Waals surface area contributed by atoms with E-state index in [-0.39, 0.29) is 74.5 Å². The van der Waals surface area contributed by atoms with Crippen molar-refractivity contribution in [3.8, 4) is 17.2 Å². The molecule has 5 atom stereocenters. The van der Waals surface area contributed by atoms with Crippen LogP contribution in [0, 0.1) is 12.8 Å². The smallest absolute Gasteiger partial charge is 0.277 e. The van der Waals surface area contributed by atoms with E-state index in [2.05, 4.69) is 26.9 Å². The van der Waals surface area contributed by atoms with Gasteiger partial charge in [-0.05, 0) is 173 Å². The number of ketones is 2. The first-order valence-electron chi connectivity index (χ1n) is 28.5. The maximum absolute atomic E-state index is 14.2. The Balaban J connectivity index is 0.861. The second-order valence-electron chi connectivity index (χ2n) is 22.7. The molecule has 5 aromatic carbocycles. The summed E-state index contributed by atoms with van der Waals surface area (Å²) in [7, 11) is 1.51. The molecule has 0 aromatic heterocycles. The lowest BCUT2D eigenvalue weighted by Crippen LogP contribution is -2.40. The van der Waals surface area contributed by atoms with Crippen molar-refractivity contribution >= 4 is 84.0 Å². The number of hydrogen-bond acceptors (Lipinski definition) is 14. The number of benzene rings is 5. The van der Waals surface area contributed by atoms with Crippen LogP contribution in [0.3, 0.4) is 0 Å². The highest BCUT2D eigenvalue weighted by molar-refractivity contribution is 8.77. The first kappa shape index (κ1) is 60.9. The quantitative estimate of drug-likeness (QED) is 0.0317. The summed E-state index contributed by atoms with van der Waals surface area (Å²) in [6.45, 7) is 10.9. The van der Waals surface area contributed by atoms with Gasteiger partial charge in [0, 0.05) is 76.0 Å². The van der Waals surface area contributed by atoms with Gasteiger partial charge in [-0.3, -0.25) is 33.0 Å². The standard InChI is InChI=1S/C64H74N4O12S3/c1-9-54(69)59(83(75,76)78-8)23-25-81-82-64(5,6)24-22-60(71)65-40(4)55(70)27-39(3)61(72)66-47-29-41(36-79-56-33-43-18-20-48-31-45-14-10-12-16-52(45)67(48)62(73)50(43)26-38(56)2)28-42(30-47)37-80-58-34-44-19-21-49-32-46-15-11-13-17-53(46)68(49)63(74)51(44)35-57(58)77-7/h10-17,26,28-30,33-35,39-40,48-49,59H,9,18-25,27,31-32,36-37H2,1-8H3,(H,65,71)(H,66,72)/t39-,40+,48-,49-,59?/m1/s1. The summed E-state index contributed by atoms with van der Waals surface area (Å²) in [6, 6.07) is 28.6. The molecule has 4 amide bonds. The number of fused-ring (bicyclic) bond motifs is 8. The lowest BCUT2D eigenvalue weighted by Gasteiger charge is -2.24. The molecule has 4 aliphatic heterocycles. The minimum atomic E-state index is -4.00. The van der Waals surface area contributed by atoms with Crippen molar-refractivity contribution in [2.24, 2.45) is 5.92 Å². The molecule has 2 N–H and O–H groups in total. The third-order valence-corrected chi connectivity index (χ3v) is 21.3. The minimum Gasteiger partial charge on any atom is -0.493 e. The summed E-state index contributed by atoms with van der Waals surface area (Å²) in [4.78, 5) is 85.2. The highest BCUT2D eigenvalue weighted by atomic mass is 33.1. The van der Waals surface area contributed by atoms with Crippen LogP contribution in [0.2, 0.25) is 0 Å². The number of methoxy groups -OCH3 is 1. The Labute approximate surface area is 495 Å². The molecule has 5 aromatic rings. The van der Waals surface area contributed by atoms with E-state index in [1.807, 2.05) is 103 Å². The number of hydrogen-bond donors (Lipinski definition) is 2. The van der Waals surface area contributed by atoms with Crippen LogP contribution in [0.25, 0.3) is 0 Å². The van der Waals surface area contributed by atoms with Crippen LogP contribution in [0.1, 0.15) is 139 Å². The fraction of sp³-hybridized carbons (Fsp3) is 0.438. The molecule has 83 heavy (non-hydrogen) atoms. The second-order valence-corrected chi connectivity index (χ2v) is 27.7. The Bertz CT molecular complexity index is 3440. The monoisotopic (exact) mass is 1190 g/mol. The molecule has 0 radical (unpaired) electrons. The van der Waals surface area contributed by atoms with Gasteiger partial charge in [-0.15, -0.1) is 0 Å². The van der Waals surface area contributed by atoms with Crippen LogP contribution < -0.4 is 34.6 Å². The number of para-hydroxylation sites is 2. The van der Waals surface area contributed by atoms with E-state index < -0.39 is 43.8 Å². The number of anilines is 3. The van der Waals surface area contributed by atoms with Gasteiger partial charge in [-0.25, -0.2) is 0 Å². The van der Waals surface area contributed by atoms with Gasteiger partial charge >= 0.3 is 0 Å². The van der Waals surface area contributed by atoms with Gasteiger partial charge in [0.15, 0.2) is 23.1 Å². The molecule has 1 unspecified atom stereocenters. The van der Waals surface area contributed by atoms with E-state index in [9.17, 15) is 37.2 Å². The highest BCUT2D eigenvalue weighted by Gasteiger charge is 2.40. The zero-order valence-electron chi connectivity index (χ0n) is 48.5. The number of nitrogens with one attached hydrogen (secondary N) is 2. The summed E-state index contributed by atoms with van der Waals surface area (Å²) < 4.78 is 47.8. The molecule has 4 aliphatic rings. The fourth-order valence-electron chi connectivity index (χ4n) is 11.6.